The summed E-state index contributed by atoms with van der Waals surface area (Å²) in [7, 11) is 0. The fourth-order valence-corrected chi connectivity index (χ4v) is 3.18. The molecule has 0 aromatic heterocycles. The van der Waals surface area contributed by atoms with Crippen molar-refractivity contribution in [1.29, 1.82) is 0 Å². The molecule has 2 rings (SSSR count). The maximum atomic E-state index is 11.2. The molecule has 0 aromatic rings. The molecule has 14 heavy (non-hydrogen) atoms. The van der Waals surface area contributed by atoms with Crippen molar-refractivity contribution in [3.8, 4) is 0 Å². The van der Waals surface area contributed by atoms with E-state index in [9.17, 15) is 4.55 Å². The number of hydrogen-bond acceptors (Lipinski definition) is 4. The van der Waals surface area contributed by atoms with Crippen molar-refractivity contribution in [2.24, 2.45) is 10.7 Å². The van der Waals surface area contributed by atoms with Gasteiger partial charge in [0.05, 0.1) is 6.04 Å². The third-order valence-corrected chi connectivity index (χ3v) is 4.23. The van der Waals surface area contributed by atoms with Gasteiger partial charge in [-0.15, -0.1) is 0 Å². The van der Waals surface area contributed by atoms with Crippen molar-refractivity contribution in [3.63, 3.8) is 0 Å². The summed E-state index contributed by atoms with van der Waals surface area (Å²) in [5.41, 5.74) is 5.98. The topological polar surface area (TPSA) is 64.7 Å². The van der Waals surface area contributed by atoms with Crippen LogP contribution in [0.15, 0.2) is 4.99 Å². The first kappa shape index (κ1) is 10.4. The van der Waals surface area contributed by atoms with Crippen molar-refractivity contribution >= 4 is 17.4 Å². The Bertz CT molecular complexity index is 216. The Hall–Kier alpha value is -0.100. The van der Waals surface area contributed by atoms with E-state index in [1.807, 2.05) is 6.21 Å². The molecule has 1 fully saturated rings. The van der Waals surface area contributed by atoms with Gasteiger partial charge in [0.2, 0.25) is 0 Å². The molecule has 0 amide bonds. The first-order valence-electron chi connectivity index (χ1n) is 5.12. The summed E-state index contributed by atoms with van der Waals surface area (Å²) in [6, 6.07) is 0.486. The van der Waals surface area contributed by atoms with Crippen molar-refractivity contribution in [1.82, 2.24) is 4.90 Å². The first-order valence-corrected chi connectivity index (χ1v) is 6.61. The van der Waals surface area contributed by atoms with Crippen molar-refractivity contribution in [2.75, 3.05) is 31.1 Å². The maximum absolute atomic E-state index is 11.2. The predicted octanol–water partition coefficient (Wildman–Crippen LogP) is -0.779. The van der Waals surface area contributed by atoms with Gasteiger partial charge in [-0.2, -0.15) is 0 Å². The van der Waals surface area contributed by atoms with Crippen molar-refractivity contribution in [3.05, 3.63) is 0 Å². The van der Waals surface area contributed by atoms with E-state index >= 15 is 0 Å². The number of nitrogens with zero attached hydrogens (tertiary/aromatic N) is 2. The molecule has 4 nitrogen and oxygen atoms in total. The van der Waals surface area contributed by atoms with Crippen LogP contribution < -0.4 is 5.73 Å². The summed E-state index contributed by atoms with van der Waals surface area (Å²) in [5, 5.41) is 0. The average Bonchev–Trinajstić information content (AvgIpc) is 2.20. The molecule has 0 aromatic carbocycles. The van der Waals surface area contributed by atoms with Gasteiger partial charge < -0.3 is 10.3 Å². The minimum absolute atomic E-state index is 0.0651. The van der Waals surface area contributed by atoms with Crippen LogP contribution in [0.25, 0.3) is 0 Å². The molecule has 0 aliphatic carbocycles. The zero-order valence-electron chi connectivity index (χ0n) is 8.26. The zero-order chi connectivity index (χ0) is 9.97. The average molecular weight is 215 g/mol. The summed E-state index contributed by atoms with van der Waals surface area (Å²) in [5.74, 6) is 1.61. The van der Waals surface area contributed by atoms with Gasteiger partial charge in [-0.25, -0.2) is 0 Å². The Balaban J connectivity index is 1.91. The van der Waals surface area contributed by atoms with Crippen LogP contribution in [-0.2, 0) is 11.2 Å². The van der Waals surface area contributed by atoms with Crippen LogP contribution in [0.1, 0.15) is 6.42 Å². The maximum Gasteiger partial charge on any atom is 0.118 e. The predicted molar refractivity (Wildman–Crippen MR) is 59.2 cm³/mol. The number of hydrogen-bond donors (Lipinski definition) is 1. The summed E-state index contributed by atoms with van der Waals surface area (Å²) in [6.07, 6.45) is 2.91. The van der Waals surface area contributed by atoms with E-state index in [4.69, 9.17) is 5.73 Å². The smallest absolute Gasteiger partial charge is 0.118 e. The summed E-state index contributed by atoms with van der Waals surface area (Å²) >= 11 is -0.593. The Morgan fingerprint density at radius 1 is 1.43 bits per heavy atom. The Morgan fingerprint density at radius 2 is 2.14 bits per heavy atom. The van der Waals surface area contributed by atoms with Crippen LogP contribution in [0.2, 0.25) is 0 Å². The second-order valence-electron chi connectivity index (χ2n) is 3.87. The quantitative estimate of drug-likeness (QED) is 0.584. The highest BCUT2D eigenvalue weighted by Crippen LogP contribution is 2.14. The summed E-state index contributed by atoms with van der Waals surface area (Å²) in [4.78, 5) is 6.55. The van der Waals surface area contributed by atoms with E-state index in [0.29, 0.717) is 6.04 Å². The number of nitrogens with two attached hydrogens (primary N) is 1. The lowest BCUT2D eigenvalue weighted by atomic mass is 10.0. The molecular weight excluding hydrogens is 198 g/mol. The molecule has 2 atom stereocenters. The molecular formula is C9H17N3OS. The first-order chi connectivity index (χ1) is 6.77. The second kappa shape index (κ2) is 4.61. The Morgan fingerprint density at radius 3 is 2.79 bits per heavy atom. The molecule has 80 valence electrons. The van der Waals surface area contributed by atoms with E-state index in [1.54, 1.807) is 0 Å². The lowest BCUT2D eigenvalue weighted by Crippen LogP contribution is -2.55. The SMILES string of the molecule is NC1C=NCCC1N1CC[S+]([O-])CC1. The van der Waals surface area contributed by atoms with E-state index in [1.165, 1.54) is 0 Å². The van der Waals surface area contributed by atoms with Crippen LogP contribution in [0, 0.1) is 0 Å². The van der Waals surface area contributed by atoms with Gasteiger partial charge in [-0.1, -0.05) is 11.2 Å². The molecule has 0 saturated carbocycles. The molecule has 2 unspecified atom stereocenters. The van der Waals surface area contributed by atoms with E-state index < -0.39 is 11.2 Å². The third-order valence-electron chi connectivity index (χ3n) is 2.96. The van der Waals surface area contributed by atoms with Crippen molar-refractivity contribution in [2.45, 2.75) is 18.5 Å². The highest BCUT2D eigenvalue weighted by atomic mass is 32.2. The number of rotatable bonds is 1. The van der Waals surface area contributed by atoms with Crippen LogP contribution in [0.3, 0.4) is 0 Å². The summed E-state index contributed by atoms with van der Waals surface area (Å²) < 4.78 is 11.2. The molecule has 5 heteroatoms. The van der Waals surface area contributed by atoms with Gasteiger partial charge in [0.25, 0.3) is 0 Å². The van der Waals surface area contributed by atoms with E-state index in [-0.39, 0.29) is 6.04 Å². The van der Waals surface area contributed by atoms with Gasteiger partial charge in [0, 0.05) is 31.9 Å². The van der Waals surface area contributed by atoms with Crippen molar-refractivity contribution < 1.29 is 4.55 Å². The minimum Gasteiger partial charge on any atom is -0.616 e. The second-order valence-corrected chi connectivity index (χ2v) is 5.57. The monoisotopic (exact) mass is 215 g/mol. The van der Waals surface area contributed by atoms with Gasteiger partial charge >= 0.3 is 0 Å². The molecule has 2 aliphatic heterocycles. The van der Waals surface area contributed by atoms with E-state index in [0.717, 1.165) is 37.6 Å². The molecule has 0 spiro atoms. The Kier molecular flexibility index (Phi) is 3.43. The molecule has 2 heterocycles. The molecule has 0 radical (unpaired) electrons. The molecule has 2 aliphatic rings. The van der Waals surface area contributed by atoms with Crippen LogP contribution in [0.5, 0.6) is 0 Å². The lowest BCUT2D eigenvalue weighted by Gasteiger charge is -2.37. The van der Waals surface area contributed by atoms with Crippen LogP contribution in [-0.4, -0.2) is 58.9 Å². The standard InChI is InChI=1S/C9H17N3OS/c10-8-7-11-2-1-9(8)12-3-5-14(13)6-4-12/h7-9H,1-6,10H2. The fraction of sp³-hybridized carbons (Fsp3) is 0.889. The summed E-state index contributed by atoms with van der Waals surface area (Å²) in [6.45, 7) is 2.75. The minimum atomic E-state index is -0.593. The van der Waals surface area contributed by atoms with Gasteiger partial charge in [0.1, 0.15) is 11.5 Å². The highest BCUT2D eigenvalue weighted by Gasteiger charge is 2.30. The molecule has 0 bridgehead atoms. The molecule has 1 saturated heterocycles. The lowest BCUT2D eigenvalue weighted by molar-refractivity contribution is 0.192. The van der Waals surface area contributed by atoms with Crippen LogP contribution >= 0.6 is 0 Å². The molecule has 2 N–H and O–H groups in total. The van der Waals surface area contributed by atoms with Gasteiger partial charge in [-0.3, -0.25) is 9.89 Å². The fourth-order valence-electron chi connectivity index (χ4n) is 2.10. The number of aliphatic imine (C=N–C) groups is 1. The largest absolute Gasteiger partial charge is 0.616 e. The third kappa shape index (κ3) is 2.28. The Labute approximate surface area is 87.7 Å². The van der Waals surface area contributed by atoms with Gasteiger partial charge in [0.15, 0.2) is 0 Å². The normalized spacial score (nSPS) is 36.1. The van der Waals surface area contributed by atoms with Crippen LogP contribution in [0.4, 0.5) is 0 Å². The van der Waals surface area contributed by atoms with E-state index in [2.05, 4.69) is 9.89 Å². The van der Waals surface area contributed by atoms with Gasteiger partial charge in [-0.05, 0) is 6.42 Å². The zero-order valence-corrected chi connectivity index (χ0v) is 9.08. The highest BCUT2D eigenvalue weighted by molar-refractivity contribution is 7.91.